The number of hydrogen-bond acceptors (Lipinski definition) is 4. The molecule has 0 amide bonds. The highest BCUT2D eigenvalue weighted by Crippen LogP contribution is 2.36. The minimum atomic E-state index is -4.46. The lowest BCUT2D eigenvalue weighted by atomic mass is 9.80. The molecule has 2 heterocycles. The van der Waals surface area contributed by atoms with Crippen LogP contribution in [0, 0.1) is 0 Å². The average Bonchev–Trinajstić information content (AvgIpc) is 3.42. The van der Waals surface area contributed by atoms with Gasteiger partial charge in [-0.15, -0.1) is 0 Å². The van der Waals surface area contributed by atoms with Crippen LogP contribution < -0.4 is 5.43 Å². The highest BCUT2D eigenvalue weighted by atomic mass is 35.5. The maximum absolute atomic E-state index is 13.6. The van der Waals surface area contributed by atoms with E-state index in [-0.39, 0.29) is 23.2 Å². The fourth-order valence-electron chi connectivity index (χ4n) is 5.71. The molecule has 0 saturated carbocycles. The Balaban J connectivity index is 1.46. The van der Waals surface area contributed by atoms with E-state index < -0.39 is 11.7 Å². The van der Waals surface area contributed by atoms with Gasteiger partial charge in [-0.3, -0.25) is 9.79 Å². The molecule has 0 spiro atoms. The van der Waals surface area contributed by atoms with Crippen LogP contribution >= 0.6 is 11.6 Å². The summed E-state index contributed by atoms with van der Waals surface area (Å²) in [6.45, 7) is 3.93. The van der Waals surface area contributed by atoms with Crippen LogP contribution in [0.1, 0.15) is 66.8 Å². The van der Waals surface area contributed by atoms with Crippen molar-refractivity contribution in [3.05, 3.63) is 80.1 Å². The van der Waals surface area contributed by atoms with E-state index >= 15 is 0 Å². The van der Waals surface area contributed by atoms with Crippen LogP contribution in [0.5, 0.6) is 0 Å². The van der Waals surface area contributed by atoms with Crippen LogP contribution in [0.25, 0.3) is 10.9 Å². The number of likely N-dealkylation sites (tertiary alicyclic amines) is 1. The minimum Gasteiger partial charge on any atom is -0.428 e. The summed E-state index contributed by atoms with van der Waals surface area (Å²) in [5.41, 5.74) is 1.07. The number of aliphatic imine (C=N–C) groups is 1. The van der Waals surface area contributed by atoms with Crippen molar-refractivity contribution in [1.82, 2.24) is 9.63 Å². The largest absolute Gasteiger partial charge is 0.428 e. The molecule has 1 aromatic heterocycles. The number of nitrogens with zero attached hydrogens (tertiary/aromatic N) is 3. The van der Waals surface area contributed by atoms with Gasteiger partial charge in [0.1, 0.15) is 0 Å². The number of alkyl halides is 3. The Kier molecular flexibility index (Phi) is 7.82. The number of unbranched alkanes of at least 4 members (excludes halogenated alkanes) is 2. The molecule has 202 valence electrons. The van der Waals surface area contributed by atoms with Crippen molar-refractivity contribution in [2.45, 2.75) is 57.0 Å². The molecule has 38 heavy (non-hydrogen) atoms. The van der Waals surface area contributed by atoms with E-state index in [4.69, 9.17) is 16.6 Å². The zero-order valence-electron chi connectivity index (χ0n) is 21.1. The number of rotatable bonds is 7. The number of fused-ring (bicyclic) bond motifs is 2. The Morgan fingerprint density at radius 2 is 1.82 bits per heavy atom. The summed E-state index contributed by atoms with van der Waals surface area (Å²) >= 11 is 6.14. The molecule has 5 nitrogen and oxygen atoms in total. The van der Waals surface area contributed by atoms with Gasteiger partial charge in [0, 0.05) is 17.3 Å². The van der Waals surface area contributed by atoms with Gasteiger partial charge in [0.25, 0.3) is 0 Å². The molecular weight excluding hydrogens is 515 g/mol. The van der Waals surface area contributed by atoms with Gasteiger partial charge in [0.05, 0.1) is 27.7 Å². The first-order valence-corrected chi connectivity index (χ1v) is 13.6. The Morgan fingerprint density at radius 3 is 2.58 bits per heavy atom. The van der Waals surface area contributed by atoms with Crippen LogP contribution in [0.4, 0.5) is 13.2 Å². The van der Waals surface area contributed by atoms with Gasteiger partial charge in [-0.05, 0) is 93.9 Å². The lowest BCUT2D eigenvalue weighted by Gasteiger charge is -2.28. The topological polar surface area (TPSA) is 57.8 Å². The van der Waals surface area contributed by atoms with Crippen LogP contribution in [0.15, 0.2) is 52.3 Å². The first-order chi connectivity index (χ1) is 18.2. The molecule has 1 aliphatic carbocycles. The summed E-state index contributed by atoms with van der Waals surface area (Å²) in [6.07, 6.45) is 1.57. The molecule has 1 fully saturated rings. The van der Waals surface area contributed by atoms with Gasteiger partial charge in [-0.2, -0.15) is 17.9 Å². The molecule has 1 N–H and O–H groups in total. The SMILES string of the molecule is O=c1c2c(n(O)c3ccc(Cl)cc13)CC(c1cccc(C(F)(F)F)c1)CC2=NCCCCCN1CCCC1. The first-order valence-electron chi connectivity index (χ1n) is 13.2. The molecule has 2 aliphatic rings. The third-order valence-electron chi connectivity index (χ3n) is 7.69. The van der Waals surface area contributed by atoms with E-state index in [0.717, 1.165) is 42.7 Å². The normalized spacial score (nSPS) is 19.4. The molecule has 0 bridgehead atoms. The van der Waals surface area contributed by atoms with Crippen molar-refractivity contribution >= 4 is 28.2 Å². The maximum atomic E-state index is 13.6. The predicted molar refractivity (Wildman–Crippen MR) is 144 cm³/mol. The van der Waals surface area contributed by atoms with Crippen molar-refractivity contribution in [3.8, 4) is 0 Å². The van der Waals surface area contributed by atoms with E-state index in [1.165, 1.54) is 38.1 Å². The van der Waals surface area contributed by atoms with Crippen molar-refractivity contribution in [2.75, 3.05) is 26.2 Å². The second-order valence-electron chi connectivity index (χ2n) is 10.3. The highest BCUT2D eigenvalue weighted by Gasteiger charge is 2.34. The zero-order valence-corrected chi connectivity index (χ0v) is 21.9. The summed E-state index contributed by atoms with van der Waals surface area (Å²) in [6, 6.07) is 9.97. The van der Waals surface area contributed by atoms with Crippen LogP contribution in [-0.4, -0.2) is 46.7 Å². The fourth-order valence-corrected chi connectivity index (χ4v) is 5.88. The lowest BCUT2D eigenvalue weighted by Crippen LogP contribution is -2.31. The Labute approximate surface area is 224 Å². The van der Waals surface area contributed by atoms with E-state index in [2.05, 4.69) is 4.90 Å². The number of halogens is 4. The monoisotopic (exact) mass is 545 g/mol. The van der Waals surface area contributed by atoms with Gasteiger partial charge < -0.3 is 10.1 Å². The number of hydrogen-bond donors (Lipinski definition) is 1. The standard InChI is InChI=1S/C29H31ClF3N3O2/c30-22-9-10-25-23(18-22)28(37)27-24(34-11-2-1-3-12-35-13-4-5-14-35)16-20(17-26(27)36(25)38)19-7-6-8-21(15-19)29(31,32)33/h6-10,15,18,20,38H,1-5,11-14,16-17H2. The molecule has 3 aromatic rings. The Morgan fingerprint density at radius 1 is 1.03 bits per heavy atom. The molecule has 1 saturated heterocycles. The van der Waals surface area contributed by atoms with Crippen molar-refractivity contribution in [1.29, 1.82) is 0 Å². The van der Waals surface area contributed by atoms with Gasteiger partial charge in [-0.1, -0.05) is 36.2 Å². The fraction of sp³-hybridized carbons (Fsp3) is 0.448. The molecule has 1 unspecified atom stereocenters. The van der Waals surface area contributed by atoms with Crippen molar-refractivity contribution in [2.24, 2.45) is 4.99 Å². The van der Waals surface area contributed by atoms with Crippen molar-refractivity contribution in [3.63, 3.8) is 0 Å². The number of aromatic nitrogens is 1. The summed E-state index contributed by atoms with van der Waals surface area (Å²) in [5, 5.41) is 11.8. The van der Waals surface area contributed by atoms with E-state index in [1.54, 1.807) is 18.2 Å². The molecule has 0 radical (unpaired) electrons. The zero-order chi connectivity index (χ0) is 26.9. The quantitative estimate of drug-likeness (QED) is 0.265. The van der Waals surface area contributed by atoms with Crippen molar-refractivity contribution < 1.29 is 18.4 Å². The molecule has 1 atom stereocenters. The second kappa shape index (κ2) is 11.1. The molecule has 5 rings (SSSR count). The maximum Gasteiger partial charge on any atom is 0.416 e. The highest BCUT2D eigenvalue weighted by molar-refractivity contribution is 6.31. The number of benzene rings is 2. The molecule has 2 aromatic carbocycles. The second-order valence-corrected chi connectivity index (χ2v) is 10.7. The van der Waals surface area contributed by atoms with Gasteiger partial charge in [-0.25, -0.2) is 0 Å². The smallest absolute Gasteiger partial charge is 0.416 e. The predicted octanol–water partition coefficient (Wildman–Crippen LogP) is 6.70. The molecular formula is C29H31ClF3N3O2. The lowest BCUT2D eigenvalue weighted by molar-refractivity contribution is -0.137. The van der Waals surface area contributed by atoms with E-state index in [1.807, 2.05) is 0 Å². The van der Waals surface area contributed by atoms with E-state index in [9.17, 15) is 23.2 Å². The van der Waals surface area contributed by atoms with Crippen LogP contribution in [0.3, 0.4) is 0 Å². The summed E-state index contributed by atoms with van der Waals surface area (Å²) in [4.78, 5) is 20.9. The molecule has 1 aliphatic heterocycles. The average molecular weight is 546 g/mol. The van der Waals surface area contributed by atoms with E-state index in [0.29, 0.717) is 46.0 Å². The minimum absolute atomic E-state index is 0.218. The van der Waals surface area contributed by atoms with Crippen LogP contribution in [-0.2, 0) is 12.6 Å². The summed E-state index contributed by atoms with van der Waals surface area (Å²) in [5.74, 6) is -0.360. The van der Waals surface area contributed by atoms with Gasteiger partial charge >= 0.3 is 6.18 Å². The number of pyridine rings is 1. The summed E-state index contributed by atoms with van der Waals surface area (Å²) < 4.78 is 41.2. The third kappa shape index (κ3) is 5.61. The van der Waals surface area contributed by atoms with Gasteiger partial charge in [0.2, 0.25) is 0 Å². The third-order valence-corrected chi connectivity index (χ3v) is 7.93. The Hall–Kier alpha value is -2.84. The van der Waals surface area contributed by atoms with Gasteiger partial charge in [0.15, 0.2) is 5.43 Å². The van der Waals surface area contributed by atoms with Crippen LogP contribution in [0.2, 0.25) is 5.02 Å². The summed E-state index contributed by atoms with van der Waals surface area (Å²) in [7, 11) is 0. The molecule has 9 heteroatoms. The first kappa shape index (κ1) is 26.8. The Bertz CT molecular complexity index is 1410.